The topological polar surface area (TPSA) is 57.7 Å². The van der Waals surface area contributed by atoms with Crippen LogP contribution in [0.3, 0.4) is 0 Å². The van der Waals surface area contributed by atoms with Crippen molar-refractivity contribution in [3.63, 3.8) is 0 Å². The minimum Gasteiger partial charge on any atom is -0.496 e. The molecule has 1 amide bonds. The zero-order valence-corrected chi connectivity index (χ0v) is 20.1. The largest absolute Gasteiger partial charge is 0.496 e. The fourth-order valence-electron chi connectivity index (χ4n) is 4.49. The zero-order valence-electron chi connectivity index (χ0n) is 19.3. The Morgan fingerprint density at radius 1 is 1.23 bits per heavy atom. The molecule has 2 fully saturated rings. The van der Waals surface area contributed by atoms with Gasteiger partial charge in [0.05, 0.1) is 19.3 Å². The van der Waals surface area contributed by atoms with Gasteiger partial charge in [0.1, 0.15) is 5.75 Å². The molecule has 2 aromatic rings. The van der Waals surface area contributed by atoms with Gasteiger partial charge in [-0.3, -0.25) is 4.79 Å². The average Bonchev–Trinajstić information content (AvgIpc) is 3.36. The lowest BCUT2D eigenvalue weighted by molar-refractivity contribution is -0.118. The minimum atomic E-state index is 0.619. The van der Waals surface area contributed by atoms with Crippen molar-refractivity contribution < 1.29 is 9.53 Å². The SMILES string of the molecule is CC.CCc1ccccc1OC.O=CN1CCc2nc(N3C4CCC3CNC4)sc2C1. The van der Waals surface area contributed by atoms with Gasteiger partial charge in [0, 0.05) is 43.0 Å². The van der Waals surface area contributed by atoms with E-state index in [1.807, 2.05) is 36.9 Å². The molecule has 2 unspecified atom stereocenters. The zero-order chi connectivity index (χ0) is 22.2. The van der Waals surface area contributed by atoms with Crippen molar-refractivity contribution in [3.8, 4) is 5.75 Å². The Labute approximate surface area is 190 Å². The van der Waals surface area contributed by atoms with Crippen molar-refractivity contribution in [2.24, 2.45) is 0 Å². The Morgan fingerprint density at radius 3 is 2.55 bits per heavy atom. The molecule has 5 rings (SSSR count). The number of nitrogens with one attached hydrogen (secondary N) is 1. The maximum absolute atomic E-state index is 10.9. The quantitative estimate of drug-likeness (QED) is 0.725. The second-order valence-electron chi connectivity index (χ2n) is 7.81. The summed E-state index contributed by atoms with van der Waals surface area (Å²) in [6, 6.07) is 9.32. The molecule has 0 aliphatic carbocycles. The summed E-state index contributed by atoms with van der Waals surface area (Å²) in [6.45, 7) is 9.85. The van der Waals surface area contributed by atoms with Crippen LogP contribution in [-0.4, -0.2) is 55.1 Å². The number of fused-ring (bicyclic) bond motifs is 3. The number of thiazole rings is 1. The first kappa shape index (κ1) is 23.5. The number of benzene rings is 1. The van der Waals surface area contributed by atoms with E-state index in [9.17, 15) is 4.79 Å². The fraction of sp³-hybridized carbons (Fsp3) is 0.583. The third-order valence-electron chi connectivity index (χ3n) is 6.07. The molecule has 7 heteroatoms. The normalized spacial score (nSPS) is 21.3. The Hall–Kier alpha value is -2.12. The number of nitrogens with zero attached hydrogens (tertiary/aromatic N) is 3. The van der Waals surface area contributed by atoms with Gasteiger partial charge in [-0.1, -0.05) is 50.3 Å². The van der Waals surface area contributed by atoms with Gasteiger partial charge < -0.3 is 19.9 Å². The van der Waals surface area contributed by atoms with Crippen molar-refractivity contribution in [1.82, 2.24) is 15.2 Å². The van der Waals surface area contributed by atoms with E-state index in [4.69, 9.17) is 9.72 Å². The van der Waals surface area contributed by atoms with E-state index in [0.717, 1.165) is 51.2 Å². The van der Waals surface area contributed by atoms with Crippen LogP contribution < -0.4 is 15.0 Å². The molecule has 1 aromatic heterocycles. The monoisotopic (exact) mass is 444 g/mol. The smallest absolute Gasteiger partial charge is 0.210 e. The average molecular weight is 445 g/mol. The van der Waals surface area contributed by atoms with E-state index in [1.165, 1.54) is 34.1 Å². The van der Waals surface area contributed by atoms with Crippen LogP contribution >= 0.6 is 11.3 Å². The molecule has 3 aliphatic heterocycles. The number of aryl methyl sites for hydroxylation is 1. The molecule has 1 N–H and O–H groups in total. The highest BCUT2D eigenvalue weighted by Crippen LogP contribution is 2.37. The predicted molar refractivity (Wildman–Crippen MR) is 128 cm³/mol. The molecule has 2 saturated heterocycles. The van der Waals surface area contributed by atoms with Gasteiger partial charge in [0.15, 0.2) is 5.13 Å². The Morgan fingerprint density at radius 2 is 1.94 bits per heavy atom. The number of para-hydroxylation sites is 1. The van der Waals surface area contributed by atoms with E-state index in [-0.39, 0.29) is 0 Å². The molecule has 2 bridgehead atoms. The lowest BCUT2D eigenvalue weighted by Crippen LogP contribution is -2.51. The predicted octanol–water partition coefficient (Wildman–Crippen LogP) is 3.88. The van der Waals surface area contributed by atoms with Gasteiger partial charge in [-0.2, -0.15) is 0 Å². The van der Waals surface area contributed by atoms with Crippen LogP contribution in [0, 0.1) is 0 Å². The van der Waals surface area contributed by atoms with E-state index in [0.29, 0.717) is 12.1 Å². The van der Waals surface area contributed by atoms with Crippen LogP contribution in [0.2, 0.25) is 0 Å². The second kappa shape index (κ2) is 11.5. The first-order chi connectivity index (χ1) is 15.2. The van der Waals surface area contributed by atoms with Gasteiger partial charge in [-0.25, -0.2) is 4.98 Å². The summed E-state index contributed by atoms with van der Waals surface area (Å²) in [5.41, 5.74) is 2.49. The maximum Gasteiger partial charge on any atom is 0.210 e. The number of carbonyl (C=O) groups is 1. The molecule has 0 spiro atoms. The molecule has 0 radical (unpaired) electrons. The third kappa shape index (κ3) is 5.39. The van der Waals surface area contributed by atoms with Gasteiger partial charge in [-0.05, 0) is 30.9 Å². The molecular formula is C24H36N4O2S. The van der Waals surface area contributed by atoms with Crippen molar-refractivity contribution >= 4 is 22.9 Å². The second-order valence-corrected chi connectivity index (χ2v) is 8.87. The number of aromatic nitrogens is 1. The summed E-state index contributed by atoms with van der Waals surface area (Å²) in [7, 11) is 1.70. The van der Waals surface area contributed by atoms with Gasteiger partial charge in [-0.15, -0.1) is 0 Å². The van der Waals surface area contributed by atoms with Crippen molar-refractivity contribution in [1.29, 1.82) is 0 Å². The van der Waals surface area contributed by atoms with Crippen LogP contribution in [0.15, 0.2) is 24.3 Å². The lowest BCUT2D eigenvalue weighted by Gasteiger charge is -2.35. The van der Waals surface area contributed by atoms with Crippen LogP contribution in [0.1, 0.15) is 49.7 Å². The Kier molecular flexibility index (Phi) is 8.72. The highest BCUT2D eigenvalue weighted by molar-refractivity contribution is 7.15. The summed E-state index contributed by atoms with van der Waals surface area (Å²) in [6.07, 6.45) is 5.46. The van der Waals surface area contributed by atoms with E-state index < -0.39 is 0 Å². The lowest BCUT2D eigenvalue weighted by atomic mass is 10.1. The number of ether oxygens (including phenoxy) is 1. The number of rotatable bonds is 4. The highest BCUT2D eigenvalue weighted by Gasteiger charge is 2.38. The van der Waals surface area contributed by atoms with Crippen LogP contribution in [0.5, 0.6) is 5.75 Å². The number of piperazine rings is 1. The number of methoxy groups -OCH3 is 1. The van der Waals surface area contributed by atoms with Crippen molar-refractivity contribution in [2.45, 2.75) is 65.1 Å². The minimum absolute atomic E-state index is 0.619. The summed E-state index contributed by atoms with van der Waals surface area (Å²) in [5, 5.41) is 4.69. The molecule has 1 aromatic carbocycles. The van der Waals surface area contributed by atoms with Gasteiger partial charge in [0.2, 0.25) is 6.41 Å². The fourth-order valence-corrected chi connectivity index (χ4v) is 5.76. The summed E-state index contributed by atoms with van der Waals surface area (Å²) < 4.78 is 5.14. The van der Waals surface area contributed by atoms with E-state index >= 15 is 0 Å². The summed E-state index contributed by atoms with van der Waals surface area (Å²) in [4.78, 5) is 21.4. The molecule has 2 atom stereocenters. The van der Waals surface area contributed by atoms with Crippen molar-refractivity contribution in [3.05, 3.63) is 40.4 Å². The standard InChI is InChI=1S/C13H18N4OS.C9H12O.C2H6/c18-8-16-4-3-11-12(7-16)19-13(15-11)17-9-1-2-10(17)6-14-5-9;1-3-8-6-4-5-7-9(8)10-2;1-2/h8-10,14H,1-7H2;4-7H,3H2,1-2H3;1-2H3. The molecule has 0 saturated carbocycles. The first-order valence-corrected chi connectivity index (χ1v) is 12.3. The Bertz CT molecular complexity index is 802. The molecule has 170 valence electrons. The van der Waals surface area contributed by atoms with Crippen molar-refractivity contribution in [2.75, 3.05) is 31.6 Å². The van der Waals surface area contributed by atoms with Crippen LogP contribution in [0.4, 0.5) is 5.13 Å². The molecular weight excluding hydrogens is 408 g/mol. The molecule has 4 heterocycles. The van der Waals surface area contributed by atoms with Crippen LogP contribution in [0.25, 0.3) is 0 Å². The number of carbonyl (C=O) groups excluding carboxylic acids is 1. The third-order valence-corrected chi connectivity index (χ3v) is 7.17. The van der Waals surface area contributed by atoms with Gasteiger partial charge in [0.25, 0.3) is 0 Å². The van der Waals surface area contributed by atoms with Crippen LogP contribution in [-0.2, 0) is 24.2 Å². The summed E-state index contributed by atoms with van der Waals surface area (Å²) in [5.74, 6) is 0.991. The molecule has 6 nitrogen and oxygen atoms in total. The number of amides is 1. The number of hydrogen-bond donors (Lipinski definition) is 1. The van der Waals surface area contributed by atoms with E-state index in [1.54, 1.807) is 18.4 Å². The van der Waals surface area contributed by atoms with E-state index in [2.05, 4.69) is 23.2 Å². The molecule has 3 aliphatic rings. The Balaban J connectivity index is 0.000000193. The summed E-state index contributed by atoms with van der Waals surface area (Å²) >= 11 is 1.79. The maximum atomic E-state index is 10.9. The van der Waals surface area contributed by atoms with Gasteiger partial charge >= 0.3 is 0 Å². The first-order valence-electron chi connectivity index (χ1n) is 11.5. The number of anilines is 1. The highest BCUT2D eigenvalue weighted by atomic mass is 32.1. The number of hydrogen-bond acceptors (Lipinski definition) is 6. The molecule has 31 heavy (non-hydrogen) atoms.